The smallest absolute Gasteiger partial charge is 0.270 e. The van der Waals surface area contributed by atoms with Gasteiger partial charge in [-0.05, 0) is 17.7 Å². The van der Waals surface area contributed by atoms with E-state index >= 15 is 0 Å². The number of pyridine rings is 1. The second-order valence-electron chi connectivity index (χ2n) is 5.05. The number of benzene rings is 1. The maximum atomic E-state index is 10.9. The van der Waals surface area contributed by atoms with Gasteiger partial charge in [0.2, 0.25) is 0 Å². The Labute approximate surface area is 130 Å². The van der Waals surface area contributed by atoms with Crippen LogP contribution in [0.25, 0.3) is 27.8 Å². The minimum Gasteiger partial charge on any atom is -0.346 e. The third kappa shape index (κ3) is 2.24. The Morgan fingerprint density at radius 3 is 2.96 bits per heavy atom. The summed E-state index contributed by atoms with van der Waals surface area (Å²) in [6.07, 6.45) is 7.08. The number of aromatic amines is 1. The zero-order chi connectivity index (χ0) is 15.8. The normalized spacial score (nSPS) is 11.0. The molecule has 23 heavy (non-hydrogen) atoms. The quantitative estimate of drug-likeness (QED) is 0.464. The lowest BCUT2D eigenvalue weighted by Gasteiger charge is -2.02. The highest BCUT2D eigenvalue weighted by Crippen LogP contribution is 2.25. The average Bonchev–Trinajstić information content (AvgIpc) is 3.24. The molecule has 0 unspecified atom stereocenters. The molecule has 0 atom stereocenters. The Morgan fingerprint density at radius 1 is 1.17 bits per heavy atom. The maximum Gasteiger partial charge on any atom is 0.270 e. The van der Waals surface area contributed by atoms with E-state index in [2.05, 4.69) is 15.1 Å². The van der Waals surface area contributed by atoms with Gasteiger partial charge in [-0.2, -0.15) is 5.10 Å². The summed E-state index contributed by atoms with van der Waals surface area (Å²) in [6, 6.07) is 10.3. The van der Waals surface area contributed by atoms with Gasteiger partial charge in [0.15, 0.2) is 0 Å². The van der Waals surface area contributed by atoms with E-state index in [-0.39, 0.29) is 5.69 Å². The molecule has 0 saturated carbocycles. The molecule has 0 amide bonds. The number of hydrogen-bond acceptors (Lipinski definition) is 4. The molecule has 1 N–H and O–H groups in total. The fourth-order valence-corrected chi connectivity index (χ4v) is 2.55. The molecule has 0 aliphatic heterocycles. The van der Waals surface area contributed by atoms with Crippen molar-refractivity contribution >= 4 is 16.7 Å². The minimum atomic E-state index is -0.403. The Morgan fingerprint density at radius 2 is 2.09 bits per heavy atom. The van der Waals surface area contributed by atoms with Crippen molar-refractivity contribution in [3.63, 3.8) is 0 Å². The third-order valence-electron chi connectivity index (χ3n) is 3.66. The molecule has 0 saturated heterocycles. The number of rotatable bonds is 3. The summed E-state index contributed by atoms with van der Waals surface area (Å²) in [7, 11) is 0. The molecule has 3 aromatic heterocycles. The molecule has 0 radical (unpaired) electrons. The summed E-state index contributed by atoms with van der Waals surface area (Å²) in [5.74, 6) is 0. The zero-order valence-corrected chi connectivity index (χ0v) is 11.9. The number of nitrogens with one attached hydrogen (secondary N) is 1. The lowest BCUT2D eigenvalue weighted by molar-refractivity contribution is -0.384. The zero-order valence-electron chi connectivity index (χ0n) is 11.9. The molecule has 0 aliphatic rings. The molecule has 4 aromatic rings. The van der Waals surface area contributed by atoms with Gasteiger partial charge in [0.05, 0.1) is 16.8 Å². The van der Waals surface area contributed by atoms with Gasteiger partial charge in [-0.25, -0.2) is 9.67 Å². The molecule has 3 heterocycles. The standard InChI is InChI=1S/C16H11N5O2/c22-21(23)13-3-1-2-11(8-13)12-9-19-20(10-12)15-5-7-18-16-14(15)4-6-17-16/h1-10H,(H,17,18). The van der Waals surface area contributed by atoms with E-state index in [9.17, 15) is 10.1 Å². The first-order valence-corrected chi connectivity index (χ1v) is 6.94. The minimum absolute atomic E-state index is 0.0622. The van der Waals surface area contributed by atoms with Crippen LogP contribution in [0.3, 0.4) is 0 Å². The molecule has 7 heteroatoms. The molecule has 1 aromatic carbocycles. The van der Waals surface area contributed by atoms with Crippen LogP contribution in [-0.2, 0) is 0 Å². The number of hydrogen-bond donors (Lipinski definition) is 1. The van der Waals surface area contributed by atoms with Gasteiger partial charge >= 0.3 is 0 Å². The van der Waals surface area contributed by atoms with Crippen LogP contribution in [0, 0.1) is 10.1 Å². The van der Waals surface area contributed by atoms with Gasteiger partial charge in [-0.15, -0.1) is 0 Å². The summed E-state index contributed by atoms with van der Waals surface area (Å²) in [5.41, 5.74) is 3.31. The highest BCUT2D eigenvalue weighted by molar-refractivity contribution is 5.84. The highest BCUT2D eigenvalue weighted by atomic mass is 16.6. The van der Waals surface area contributed by atoms with Gasteiger partial charge in [0.25, 0.3) is 5.69 Å². The van der Waals surface area contributed by atoms with Crippen molar-refractivity contribution in [1.82, 2.24) is 19.7 Å². The van der Waals surface area contributed by atoms with E-state index in [1.165, 1.54) is 6.07 Å². The molecule has 4 rings (SSSR count). The van der Waals surface area contributed by atoms with Gasteiger partial charge in [-0.3, -0.25) is 10.1 Å². The summed E-state index contributed by atoms with van der Waals surface area (Å²) >= 11 is 0. The summed E-state index contributed by atoms with van der Waals surface area (Å²) < 4.78 is 1.74. The Balaban J connectivity index is 1.79. The highest BCUT2D eigenvalue weighted by Gasteiger charge is 2.10. The number of nitro benzene ring substituents is 1. The van der Waals surface area contributed by atoms with Crippen molar-refractivity contribution < 1.29 is 4.92 Å². The Kier molecular flexibility index (Phi) is 2.90. The molecular weight excluding hydrogens is 294 g/mol. The average molecular weight is 305 g/mol. The third-order valence-corrected chi connectivity index (χ3v) is 3.66. The van der Waals surface area contributed by atoms with E-state index in [1.807, 2.05) is 30.6 Å². The number of nitrogens with zero attached hydrogens (tertiary/aromatic N) is 4. The number of aromatic nitrogens is 4. The van der Waals surface area contributed by atoms with E-state index in [1.54, 1.807) is 29.2 Å². The Bertz CT molecular complexity index is 1020. The van der Waals surface area contributed by atoms with Gasteiger partial charge in [0, 0.05) is 41.7 Å². The van der Waals surface area contributed by atoms with Crippen LogP contribution in [0.1, 0.15) is 0 Å². The SMILES string of the molecule is O=[N+]([O-])c1cccc(-c2cnn(-c3ccnc4[nH]ccc34)c2)c1. The number of nitro groups is 1. The summed E-state index contributed by atoms with van der Waals surface area (Å²) in [4.78, 5) is 17.8. The fourth-order valence-electron chi connectivity index (χ4n) is 2.55. The molecule has 0 spiro atoms. The largest absolute Gasteiger partial charge is 0.346 e. The van der Waals surface area contributed by atoms with Crippen molar-refractivity contribution in [1.29, 1.82) is 0 Å². The van der Waals surface area contributed by atoms with Crippen LogP contribution >= 0.6 is 0 Å². The lowest BCUT2D eigenvalue weighted by Crippen LogP contribution is -1.95. The van der Waals surface area contributed by atoms with Crippen LogP contribution in [0.15, 0.2) is 61.2 Å². The first kappa shape index (κ1) is 13.2. The second-order valence-corrected chi connectivity index (χ2v) is 5.05. The fraction of sp³-hybridized carbons (Fsp3) is 0. The van der Waals surface area contributed by atoms with Crippen molar-refractivity contribution in [2.45, 2.75) is 0 Å². The molecule has 112 valence electrons. The van der Waals surface area contributed by atoms with Crippen molar-refractivity contribution in [2.24, 2.45) is 0 Å². The molecule has 0 aliphatic carbocycles. The summed E-state index contributed by atoms with van der Waals surface area (Å²) in [6.45, 7) is 0. The Hall–Kier alpha value is -3.48. The van der Waals surface area contributed by atoms with Crippen LogP contribution in [0.5, 0.6) is 0 Å². The van der Waals surface area contributed by atoms with Gasteiger partial charge in [0.1, 0.15) is 5.65 Å². The lowest BCUT2D eigenvalue weighted by atomic mass is 10.1. The monoisotopic (exact) mass is 305 g/mol. The van der Waals surface area contributed by atoms with Crippen LogP contribution in [0.4, 0.5) is 5.69 Å². The number of H-pyrrole nitrogens is 1. The van der Waals surface area contributed by atoms with Gasteiger partial charge < -0.3 is 4.98 Å². The molecular formula is C16H11N5O2. The molecule has 0 fully saturated rings. The van der Waals surface area contributed by atoms with Crippen LogP contribution in [0.2, 0.25) is 0 Å². The second kappa shape index (κ2) is 5.06. The van der Waals surface area contributed by atoms with Crippen molar-refractivity contribution in [2.75, 3.05) is 0 Å². The number of non-ortho nitro benzene ring substituents is 1. The first-order valence-electron chi connectivity index (χ1n) is 6.94. The van der Waals surface area contributed by atoms with E-state index in [0.29, 0.717) is 0 Å². The van der Waals surface area contributed by atoms with E-state index < -0.39 is 4.92 Å². The van der Waals surface area contributed by atoms with Crippen LogP contribution < -0.4 is 0 Å². The number of fused-ring (bicyclic) bond motifs is 1. The van der Waals surface area contributed by atoms with Crippen LogP contribution in [-0.4, -0.2) is 24.7 Å². The summed E-state index contributed by atoms with van der Waals surface area (Å²) in [5, 5.41) is 16.2. The van der Waals surface area contributed by atoms with E-state index in [4.69, 9.17) is 0 Å². The first-order chi connectivity index (χ1) is 11.2. The van der Waals surface area contributed by atoms with E-state index in [0.717, 1.165) is 27.8 Å². The van der Waals surface area contributed by atoms with Gasteiger partial charge in [-0.1, -0.05) is 12.1 Å². The molecule has 7 nitrogen and oxygen atoms in total. The molecule has 0 bridgehead atoms. The topological polar surface area (TPSA) is 89.6 Å². The predicted molar refractivity (Wildman–Crippen MR) is 85.3 cm³/mol. The predicted octanol–water partition coefficient (Wildman–Crippen LogP) is 3.32. The maximum absolute atomic E-state index is 10.9. The van der Waals surface area contributed by atoms with Crippen molar-refractivity contribution in [3.05, 3.63) is 71.3 Å². The van der Waals surface area contributed by atoms with Crippen molar-refractivity contribution in [3.8, 4) is 16.8 Å².